The van der Waals surface area contributed by atoms with Crippen molar-refractivity contribution in [3.05, 3.63) is 59.5 Å². The average Bonchev–Trinajstić information content (AvgIpc) is 3.19. The van der Waals surface area contributed by atoms with Gasteiger partial charge in [0, 0.05) is 11.6 Å². The largest absolute Gasteiger partial charge is 0.467 e. The van der Waals surface area contributed by atoms with Crippen LogP contribution in [0.15, 0.2) is 47.1 Å². The van der Waals surface area contributed by atoms with Crippen molar-refractivity contribution in [2.45, 2.75) is 70.0 Å². The molecule has 1 aliphatic carbocycles. The van der Waals surface area contributed by atoms with Crippen LogP contribution in [0.5, 0.6) is 0 Å². The molecule has 2 heterocycles. The molecule has 2 amide bonds. The minimum Gasteiger partial charge on any atom is -0.467 e. The first-order valence-corrected chi connectivity index (χ1v) is 10.3. The lowest BCUT2D eigenvalue weighted by molar-refractivity contribution is -0.128. The molecule has 1 saturated carbocycles. The topological polar surface area (TPSA) is 62.6 Å². The van der Waals surface area contributed by atoms with Crippen molar-refractivity contribution >= 4 is 11.8 Å². The molecule has 1 N–H and O–H groups in total. The highest BCUT2D eigenvalue weighted by Crippen LogP contribution is 2.49. The van der Waals surface area contributed by atoms with Gasteiger partial charge in [-0.3, -0.25) is 9.59 Å². The predicted octanol–water partition coefficient (Wildman–Crippen LogP) is 4.25. The quantitative estimate of drug-likeness (QED) is 0.863. The number of amides is 2. The standard InChI is InChI=1S/C23H28N2O3/c1-16(2)24-21(26)20-18-10-4-5-11-19(18)22(27)25(15-17-9-8-14-28-17)23(20)12-6-3-7-13-23/h4-5,8-11,14,16,20H,3,6-7,12-13,15H2,1-2H3,(H,24,26). The van der Waals surface area contributed by atoms with E-state index in [0.717, 1.165) is 43.4 Å². The van der Waals surface area contributed by atoms with Crippen LogP contribution in [0.2, 0.25) is 0 Å². The van der Waals surface area contributed by atoms with Crippen LogP contribution in [0.4, 0.5) is 0 Å². The van der Waals surface area contributed by atoms with Gasteiger partial charge < -0.3 is 14.6 Å². The van der Waals surface area contributed by atoms with Gasteiger partial charge in [-0.1, -0.05) is 37.5 Å². The Morgan fingerprint density at radius 1 is 1.18 bits per heavy atom. The molecule has 1 spiro atoms. The number of rotatable bonds is 4. The van der Waals surface area contributed by atoms with E-state index in [1.807, 2.05) is 55.1 Å². The maximum Gasteiger partial charge on any atom is 0.255 e. The molecule has 1 atom stereocenters. The zero-order valence-electron chi connectivity index (χ0n) is 16.6. The minimum absolute atomic E-state index is 0.00231. The van der Waals surface area contributed by atoms with Crippen molar-refractivity contribution < 1.29 is 14.0 Å². The zero-order chi connectivity index (χ0) is 19.7. The summed E-state index contributed by atoms with van der Waals surface area (Å²) >= 11 is 0. The Morgan fingerprint density at radius 2 is 1.93 bits per heavy atom. The van der Waals surface area contributed by atoms with Gasteiger partial charge in [0.05, 0.1) is 24.3 Å². The zero-order valence-corrected chi connectivity index (χ0v) is 16.6. The van der Waals surface area contributed by atoms with E-state index < -0.39 is 5.54 Å². The maximum absolute atomic E-state index is 13.6. The lowest BCUT2D eigenvalue weighted by Gasteiger charge is -2.53. The Bertz CT molecular complexity index is 850. The summed E-state index contributed by atoms with van der Waals surface area (Å²) in [6.07, 6.45) is 6.50. The van der Waals surface area contributed by atoms with Gasteiger partial charge >= 0.3 is 0 Å². The van der Waals surface area contributed by atoms with Gasteiger partial charge in [-0.25, -0.2) is 0 Å². The van der Waals surface area contributed by atoms with E-state index in [-0.39, 0.29) is 23.8 Å². The Balaban J connectivity index is 1.86. The number of carbonyl (C=O) groups is 2. The number of carbonyl (C=O) groups excluding carboxylic acids is 2. The second kappa shape index (κ2) is 7.46. The van der Waals surface area contributed by atoms with Gasteiger partial charge in [-0.2, -0.15) is 0 Å². The fraction of sp³-hybridized carbons (Fsp3) is 0.478. The van der Waals surface area contributed by atoms with Crippen molar-refractivity contribution in [3.8, 4) is 0 Å². The SMILES string of the molecule is CC(C)NC(=O)C1c2ccccc2C(=O)N(Cc2ccco2)C12CCCCC2. The van der Waals surface area contributed by atoms with Gasteiger partial charge in [0.1, 0.15) is 5.76 Å². The van der Waals surface area contributed by atoms with Crippen molar-refractivity contribution in [1.29, 1.82) is 0 Å². The molecule has 1 fully saturated rings. The minimum atomic E-state index is -0.505. The number of fused-ring (bicyclic) bond motifs is 1. The second-order valence-electron chi connectivity index (χ2n) is 8.32. The van der Waals surface area contributed by atoms with Gasteiger partial charge in [0.25, 0.3) is 5.91 Å². The summed E-state index contributed by atoms with van der Waals surface area (Å²) in [5, 5.41) is 3.12. The molecule has 4 rings (SSSR count). The normalized spacial score (nSPS) is 21.0. The van der Waals surface area contributed by atoms with Crippen LogP contribution in [0.25, 0.3) is 0 Å². The van der Waals surface area contributed by atoms with E-state index in [9.17, 15) is 9.59 Å². The third-order valence-corrected chi connectivity index (χ3v) is 6.13. The Kier molecular flexibility index (Phi) is 5.00. The smallest absolute Gasteiger partial charge is 0.255 e. The van der Waals surface area contributed by atoms with E-state index in [2.05, 4.69) is 5.32 Å². The molecule has 5 heteroatoms. The van der Waals surface area contributed by atoms with Crippen molar-refractivity contribution in [2.75, 3.05) is 0 Å². The van der Waals surface area contributed by atoms with Crippen LogP contribution >= 0.6 is 0 Å². The van der Waals surface area contributed by atoms with Crippen LogP contribution < -0.4 is 5.32 Å². The summed E-state index contributed by atoms with van der Waals surface area (Å²) < 4.78 is 5.57. The van der Waals surface area contributed by atoms with E-state index in [4.69, 9.17) is 4.42 Å². The van der Waals surface area contributed by atoms with Gasteiger partial charge in [-0.05, 0) is 50.5 Å². The number of nitrogens with zero attached hydrogens (tertiary/aromatic N) is 1. The van der Waals surface area contributed by atoms with Gasteiger partial charge in [0.15, 0.2) is 0 Å². The fourth-order valence-electron chi connectivity index (χ4n) is 5.00. The molecular formula is C23H28N2O3. The van der Waals surface area contributed by atoms with E-state index in [1.165, 1.54) is 0 Å². The number of hydrogen-bond acceptors (Lipinski definition) is 3. The molecule has 5 nitrogen and oxygen atoms in total. The molecular weight excluding hydrogens is 352 g/mol. The monoisotopic (exact) mass is 380 g/mol. The van der Waals surface area contributed by atoms with Crippen LogP contribution in [0.3, 0.4) is 0 Å². The molecule has 0 radical (unpaired) electrons. The predicted molar refractivity (Wildman–Crippen MR) is 107 cm³/mol. The molecule has 148 valence electrons. The number of hydrogen-bond donors (Lipinski definition) is 1. The maximum atomic E-state index is 13.6. The van der Waals surface area contributed by atoms with Crippen LogP contribution in [0.1, 0.15) is 73.6 Å². The van der Waals surface area contributed by atoms with Crippen molar-refractivity contribution in [2.24, 2.45) is 0 Å². The van der Waals surface area contributed by atoms with Crippen LogP contribution in [0, 0.1) is 0 Å². The highest BCUT2D eigenvalue weighted by atomic mass is 16.3. The van der Waals surface area contributed by atoms with E-state index >= 15 is 0 Å². The van der Waals surface area contributed by atoms with Crippen LogP contribution in [-0.4, -0.2) is 28.3 Å². The summed E-state index contributed by atoms with van der Waals surface area (Å²) in [4.78, 5) is 28.9. The molecule has 2 aromatic rings. The molecule has 0 bridgehead atoms. The summed E-state index contributed by atoms with van der Waals surface area (Å²) in [6, 6.07) is 11.4. The number of nitrogens with one attached hydrogen (secondary N) is 1. The molecule has 0 saturated heterocycles. The second-order valence-corrected chi connectivity index (χ2v) is 8.32. The Labute approximate surface area is 166 Å². The summed E-state index contributed by atoms with van der Waals surface area (Å²) in [7, 11) is 0. The summed E-state index contributed by atoms with van der Waals surface area (Å²) in [5.41, 5.74) is 0.993. The first kappa shape index (κ1) is 18.8. The molecule has 1 aliphatic heterocycles. The lowest BCUT2D eigenvalue weighted by Crippen LogP contribution is -2.62. The highest BCUT2D eigenvalue weighted by Gasteiger charge is 2.54. The summed E-state index contributed by atoms with van der Waals surface area (Å²) in [6.45, 7) is 4.35. The van der Waals surface area contributed by atoms with Crippen molar-refractivity contribution in [3.63, 3.8) is 0 Å². The Hall–Kier alpha value is -2.56. The molecule has 28 heavy (non-hydrogen) atoms. The Morgan fingerprint density at radius 3 is 2.61 bits per heavy atom. The van der Waals surface area contributed by atoms with Crippen LogP contribution in [-0.2, 0) is 11.3 Å². The third-order valence-electron chi connectivity index (χ3n) is 6.13. The lowest BCUT2D eigenvalue weighted by atomic mass is 9.65. The van der Waals surface area contributed by atoms with E-state index in [0.29, 0.717) is 12.1 Å². The van der Waals surface area contributed by atoms with E-state index in [1.54, 1.807) is 6.26 Å². The number of benzene rings is 1. The molecule has 1 aromatic carbocycles. The molecule has 1 unspecified atom stereocenters. The average molecular weight is 380 g/mol. The third kappa shape index (κ3) is 3.13. The fourth-order valence-corrected chi connectivity index (χ4v) is 5.00. The van der Waals surface area contributed by atoms with Gasteiger partial charge in [0.2, 0.25) is 5.91 Å². The highest BCUT2D eigenvalue weighted by molar-refractivity contribution is 6.02. The van der Waals surface area contributed by atoms with Crippen molar-refractivity contribution in [1.82, 2.24) is 10.2 Å². The number of furan rings is 1. The first-order valence-electron chi connectivity index (χ1n) is 10.3. The van der Waals surface area contributed by atoms with Gasteiger partial charge in [-0.15, -0.1) is 0 Å². The first-order chi connectivity index (χ1) is 13.5. The molecule has 1 aromatic heterocycles. The molecule has 2 aliphatic rings. The summed E-state index contributed by atoms with van der Waals surface area (Å²) in [5.74, 6) is 0.406.